The highest BCUT2D eigenvalue weighted by Crippen LogP contribution is 2.42. The van der Waals surface area contributed by atoms with Gasteiger partial charge >= 0.3 is 0 Å². The Bertz CT molecular complexity index is 719. The topological polar surface area (TPSA) is 3.24 Å². The van der Waals surface area contributed by atoms with E-state index in [0.717, 1.165) is 12.0 Å². The van der Waals surface area contributed by atoms with E-state index >= 15 is 0 Å². The van der Waals surface area contributed by atoms with Crippen LogP contribution in [-0.4, -0.2) is 17.5 Å². The molecule has 23 heavy (non-hydrogen) atoms. The minimum Gasteiger partial charge on any atom is -0.293 e. The summed E-state index contributed by atoms with van der Waals surface area (Å²) in [4.78, 5) is 2.88. The Morgan fingerprint density at radius 1 is 0.739 bits per heavy atom. The van der Waals surface area contributed by atoms with Crippen LogP contribution in [0.4, 0.5) is 0 Å². The van der Waals surface area contributed by atoms with Gasteiger partial charge in [-0.25, -0.2) is 0 Å². The largest absolute Gasteiger partial charge is 0.293 e. The third kappa shape index (κ3) is 2.33. The van der Waals surface area contributed by atoms with Gasteiger partial charge in [0.2, 0.25) is 0 Å². The minimum absolute atomic E-state index is 0.671. The van der Waals surface area contributed by atoms with Gasteiger partial charge in [0.25, 0.3) is 0 Å². The molecule has 1 heteroatoms. The SMILES string of the molecule is c1ccc2c(c1)C[C@@H]1CC[C@H](C2)N(C2CCc3ccccc32)C1. The number of nitrogens with zero attached hydrogens (tertiary/aromatic N) is 1. The molecule has 4 aliphatic rings. The summed E-state index contributed by atoms with van der Waals surface area (Å²) in [5.74, 6) is 0.848. The predicted octanol–water partition coefficient (Wildman–Crippen LogP) is 4.55. The summed E-state index contributed by atoms with van der Waals surface area (Å²) in [7, 11) is 0. The summed E-state index contributed by atoms with van der Waals surface area (Å²) in [6.07, 6.45) is 7.94. The zero-order valence-electron chi connectivity index (χ0n) is 13.7. The van der Waals surface area contributed by atoms with Gasteiger partial charge in [-0.1, -0.05) is 48.5 Å². The Labute approximate surface area is 139 Å². The van der Waals surface area contributed by atoms with Gasteiger partial charge in [0.1, 0.15) is 0 Å². The third-order valence-corrected chi connectivity index (χ3v) is 6.43. The standard InChI is InChI=1S/C22H25N/c1-2-7-19-14-20-11-9-16(13-18(19)6-1)15-23(20)22-12-10-17-5-3-4-8-21(17)22/h1-8,16,20,22H,9-15H2/t16-,20+,22?/m0/s1. The first-order valence-electron chi connectivity index (χ1n) is 9.29. The van der Waals surface area contributed by atoms with Gasteiger partial charge < -0.3 is 0 Å². The van der Waals surface area contributed by atoms with Crippen LogP contribution in [0.25, 0.3) is 0 Å². The molecule has 1 nitrogen and oxygen atoms in total. The molecular weight excluding hydrogens is 278 g/mol. The lowest BCUT2D eigenvalue weighted by molar-refractivity contribution is 0.0574. The first kappa shape index (κ1) is 13.8. The van der Waals surface area contributed by atoms with Crippen molar-refractivity contribution >= 4 is 0 Å². The van der Waals surface area contributed by atoms with Crippen molar-refractivity contribution in [3.63, 3.8) is 0 Å². The van der Waals surface area contributed by atoms with Crippen LogP contribution < -0.4 is 0 Å². The van der Waals surface area contributed by atoms with E-state index in [0.29, 0.717) is 6.04 Å². The fourth-order valence-electron chi connectivity index (χ4n) is 5.30. The number of benzene rings is 2. The quantitative estimate of drug-likeness (QED) is 0.747. The molecule has 2 aliphatic heterocycles. The molecule has 1 fully saturated rings. The van der Waals surface area contributed by atoms with Gasteiger partial charge in [-0.05, 0) is 66.7 Å². The van der Waals surface area contributed by atoms with E-state index < -0.39 is 0 Å². The van der Waals surface area contributed by atoms with Crippen molar-refractivity contribution in [1.29, 1.82) is 0 Å². The Balaban J connectivity index is 1.50. The highest BCUT2D eigenvalue weighted by molar-refractivity contribution is 5.35. The number of rotatable bonds is 1. The maximum atomic E-state index is 2.88. The van der Waals surface area contributed by atoms with E-state index in [1.807, 2.05) is 0 Å². The molecule has 118 valence electrons. The molecule has 0 spiro atoms. The molecule has 2 aromatic rings. The zero-order valence-corrected chi connectivity index (χ0v) is 13.7. The lowest BCUT2D eigenvalue weighted by Crippen LogP contribution is -2.47. The summed E-state index contributed by atoms with van der Waals surface area (Å²) < 4.78 is 0. The Kier molecular flexibility index (Phi) is 3.29. The predicted molar refractivity (Wildman–Crippen MR) is 94.6 cm³/mol. The minimum atomic E-state index is 0.671. The summed E-state index contributed by atoms with van der Waals surface area (Å²) in [5, 5.41) is 0. The van der Waals surface area contributed by atoms with Crippen LogP contribution in [0.15, 0.2) is 48.5 Å². The number of aryl methyl sites for hydroxylation is 1. The van der Waals surface area contributed by atoms with Crippen molar-refractivity contribution in [3.8, 4) is 0 Å². The van der Waals surface area contributed by atoms with Gasteiger partial charge in [0, 0.05) is 18.6 Å². The van der Waals surface area contributed by atoms with Crippen LogP contribution in [0.5, 0.6) is 0 Å². The molecule has 0 radical (unpaired) electrons. The van der Waals surface area contributed by atoms with Crippen LogP contribution in [0, 0.1) is 5.92 Å². The fourth-order valence-corrected chi connectivity index (χ4v) is 5.30. The molecule has 2 bridgehead atoms. The molecule has 2 aliphatic carbocycles. The van der Waals surface area contributed by atoms with Gasteiger partial charge in [-0.2, -0.15) is 0 Å². The molecule has 0 amide bonds. The molecule has 2 aromatic carbocycles. The van der Waals surface area contributed by atoms with Gasteiger partial charge in [-0.15, -0.1) is 0 Å². The van der Waals surface area contributed by atoms with Crippen LogP contribution in [0.2, 0.25) is 0 Å². The summed E-state index contributed by atoms with van der Waals surface area (Å²) >= 11 is 0. The second-order valence-corrected chi connectivity index (χ2v) is 7.72. The molecule has 2 heterocycles. The summed E-state index contributed by atoms with van der Waals surface area (Å²) in [5.41, 5.74) is 6.44. The Hall–Kier alpha value is -1.60. The Morgan fingerprint density at radius 3 is 2.35 bits per heavy atom. The third-order valence-electron chi connectivity index (χ3n) is 6.43. The van der Waals surface area contributed by atoms with Gasteiger partial charge in [-0.3, -0.25) is 4.90 Å². The number of hydrogen-bond acceptors (Lipinski definition) is 1. The van der Waals surface area contributed by atoms with E-state index in [2.05, 4.69) is 53.4 Å². The first-order valence-corrected chi connectivity index (χ1v) is 9.29. The zero-order chi connectivity index (χ0) is 15.2. The molecule has 0 saturated carbocycles. The van der Waals surface area contributed by atoms with E-state index in [1.54, 1.807) is 22.3 Å². The fraction of sp³-hybridized carbons (Fsp3) is 0.455. The normalized spacial score (nSPS) is 29.7. The van der Waals surface area contributed by atoms with Crippen molar-refractivity contribution in [1.82, 2.24) is 4.90 Å². The van der Waals surface area contributed by atoms with Gasteiger partial charge in [0.15, 0.2) is 0 Å². The molecule has 6 rings (SSSR count). The van der Waals surface area contributed by atoms with Crippen molar-refractivity contribution in [3.05, 3.63) is 70.8 Å². The maximum Gasteiger partial charge on any atom is 0.0357 e. The average molecular weight is 303 g/mol. The van der Waals surface area contributed by atoms with E-state index in [4.69, 9.17) is 0 Å². The van der Waals surface area contributed by atoms with Crippen molar-refractivity contribution in [2.24, 2.45) is 5.92 Å². The van der Waals surface area contributed by atoms with Crippen molar-refractivity contribution in [2.45, 2.75) is 50.6 Å². The second-order valence-electron chi connectivity index (χ2n) is 7.72. The number of fused-ring (bicyclic) bond motifs is 3. The number of piperidine rings is 1. The van der Waals surface area contributed by atoms with Crippen LogP contribution in [-0.2, 0) is 19.3 Å². The molecular formula is C22H25N. The molecule has 0 aromatic heterocycles. The van der Waals surface area contributed by atoms with Crippen LogP contribution in [0.1, 0.15) is 47.6 Å². The Morgan fingerprint density at radius 2 is 1.48 bits per heavy atom. The highest BCUT2D eigenvalue weighted by Gasteiger charge is 2.38. The van der Waals surface area contributed by atoms with Crippen molar-refractivity contribution in [2.75, 3.05) is 6.54 Å². The molecule has 1 saturated heterocycles. The van der Waals surface area contributed by atoms with E-state index in [1.165, 1.54) is 45.1 Å². The molecule has 0 N–H and O–H groups in total. The summed E-state index contributed by atoms with van der Waals surface area (Å²) in [6.45, 7) is 1.30. The van der Waals surface area contributed by atoms with E-state index in [-0.39, 0.29) is 0 Å². The van der Waals surface area contributed by atoms with Crippen LogP contribution in [0.3, 0.4) is 0 Å². The highest BCUT2D eigenvalue weighted by atomic mass is 15.2. The maximum absolute atomic E-state index is 2.88. The monoisotopic (exact) mass is 303 g/mol. The first-order chi connectivity index (χ1) is 11.4. The van der Waals surface area contributed by atoms with E-state index in [9.17, 15) is 0 Å². The van der Waals surface area contributed by atoms with Crippen LogP contribution >= 0.6 is 0 Å². The average Bonchev–Trinajstić information content (AvgIpc) is 2.98. The molecule has 3 atom stereocenters. The smallest absolute Gasteiger partial charge is 0.0357 e. The second kappa shape index (κ2) is 5.49. The lowest BCUT2D eigenvalue weighted by Gasteiger charge is -2.45. The molecule has 1 unspecified atom stereocenters. The summed E-state index contributed by atoms with van der Waals surface area (Å²) in [6, 6.07) is 19.8. The number of hydrogen-bond donors (Lipinski definition) is 0. The van der Waals surface area contributed by atoms with Gasteiger partial charge in [0.05, 0.1) is 0 Å². The lowest BCUT2D eigenvalue weighted by atomic mass is 9.79. The van der Waals surface area contributed by atoms with Crippen molar-refractivity contribution < 1.29 is 0 Å².